The number of rotatable bonds is 9. The lowest BCUT2D eigenvalue weighted by molar-refractivity contribution is 0.0752. The third-order valence-corrected chi connectivity index (χ3v) is 5.63. The van der Waals surface area contributed by atoms with Gasteiger partial charge in [-0.2, -0.15) is 8.78 Å². The Bertz CT molecular complexity index is 946. The second kappa shape index (κ2) is 9.69. The first-order valence-electron chi connectivity index (χ1n) is 8.95. The van der Waals surface area contributed by atoms with Crippen molar-refractivity contribution in [3.63, 3.8) is 0 Å². The van der Waals surface area contributed by atoms with Crippen molar-refractivity contribution < 1.29 is 31.5 Å². The van der Waals surface area contributed by atoms with Gasteiger partial charge in [-0.05, 0) is 55.8 Å². The minimum Gasteiger partial charge on any atom is -0.493 e. The number of benzene rings is 2. The molecule has 0 atom stereocenters. The zero-order valence-corrected chi connectivity index (χ0v) is 17.2. The van der Waals surface area contributed by atoms with E-state index >= 15 is 0 Å². The van der Waals surface area contributed by atoms with E-state index in [1.54, 1.807) is 24.0 Å². The normalized spacial score (nSPS) is 11.4. The number of methoxy groups -OCH3 is 1. The molecule has 0 N–H and O–H groups in total. The fourth-order valence-electron chi connectivity index (χ4n) is 2.71. The number of hydrogen-bond acceptors (Lipinski definition) is 5. The van der Waals surface area contributed by atoms with Crippen LogP contribution in [0.4, 0.5) is 8.78 Å². The van der Waals surface area contributed by atoms with Crippen LogP contribution in [0, 0.1) is 0 Å². The van der Waals surface area contributed by atoms with Gasteiger partial charge < -0.3 is 14.4 Å². The smallest absolute Gasteiger partial charge is 0.341 e. The first-order chi connectivity index (χ1) is 13.7. The SMILES string of the molecule is CCOc1ccc(CN(CC)C(=O)c2ccc(S(=O)(=O)C(F)F)cc2)cc1OC. The molecule has 2 rings (SSSR count). The van der Waals surface area contributed by atoms with E-state index in [-0.39, 0.29) is 18.0 Å². The highest BCUT2D eigenvalue weighted by Gasteiger charge is 2.26. The highest BCUT2D eigenvalue weighted by molar-refractivity contribution is 7.91. The molecule has 0 heterocycles. The van der Waals surface area contributed by atoms with E-state index in [1.807, 2.05) is 13.0 Å². The predicted molar refractivity (Wildman–Crippen MR) is 104 cm³/mol. The van der Waals surface area contributed by atoms with Crippen molar-refractivity contribution in [1.82, 2.24) is 4.90 Å². The molecule has 0 aliphatic carbocycles. The molecule has 0 radical (unpaired) electrons. The lowest BCUT2D eigenvalue weighted by Crippen LogP contribution is -2.30. The molecule has 0 aliphatic rings. The summed E-state index contributed by atoms with van der Waals surface area (Å²) in [7, 11) is -3.17. The van der Waals surface area contributed by atoms with E-state index in [0.29, 0.717) is 24.7 Å². The Morgan fingerprint density at radius 1 is 1.07 bits per heavy atom. The number of halogens is 2. The number of carbonyl (C=O) groups excluding carboxylic acids is 1. The Kier molecular flexibility index (Phi) is 7.55. The molecule has 0 saturated carbocycles. The fraction of sp³-hybridized carbons (Fsp3) is 0.350. The van der Waals surface area contributed by atoms with Gasteiger partial charge in [0.15, 0.2) is 11.5 Å². The Morgan fingerprint density at radius 3 is 2.24 bits per heavy atom. The van der Waals surface area contributed by atoms with Crippen molar-refractivity contribution in [2.45, 2.75) is 31.0 Å². The molecule has 0 saturated heterocycles. The molecular weight excluding hydrogens is 404 g/mol. The minimum atomic E-state index is -4.69. The third kappa shape index (κ3) is 5.23. The van der Waals surface area contributed by atoms with Crippen LogP contribution in [-0.4, -0.2) is 45.2 Å². The number of ether oxygens (including phenoxy) is 2. The Labute approximate surface area is 169 Å². The lowest BCUT2D eigenvalue weighted by atomic mass is 10.1. The number of hydrogen-bond donors (Lipinski definition) is 0. The Hall–Kier alpha value is -2.68. The van der Waals surface area contributed by atoms with E-state index in [0.717, 1.165) is 17.7 Å². The van der Waals surface area contributed by atoms with Crippen LogP contribution >= 0.6 is 0 Å². The van der Waals surface area contributed by atoms with Crippen LogP contribution in [0.15, 0.2) is 47.4 Å². The van der Waals surface area contributed by atoms with Crippen LogP contribution in [-0.2, 0) is 16.4 Å². The zero-order valence-electron chi connectivity index (χ0n) is 16.4. The van der Waals surface area contributed by atoms with Gasteiger partial charge in [-0.15, -0.1) is 0 Å². The van der Waals surface area contributed by atoms with Gasteiger partial charge in [0.05, 0.1) is 18.6 Å². The van der Waals surface area contributed by atoms with Gasteiger partial charge in [0.25, 0.3) is 5.91 Å². The van der Waals surface area contributed by atoms with Gasteiger partial charge in [-0.25, -0.2) is 8.42 Å². The van der Waals surface area contributed by atoms with E-state index in [2.05, 4.69) is 0 Å². The maximum atomic E-state index is 12.8. The second-order valence-electron chi connectivity index (χ2n) is 6.07. The summed E-state index contributed by atoms with van der Waals surface area (Å²) in [6.07, 6.45) is 0. The minimum absolute atomic E-state index is 0.206. The molecule has 2 aromatic rings. The van der Waals surface area contributed by atoms with Crippen LogP contribution in [0.3, 0.4) is 0 Å². The van der Waals surface area contributed by atoms with Gasteiger partial charge in [-0.3, -0.25) is 4.79 Å². The Morgan fingerprint density at radius 2 is 1.72 bits per heavy atom. The van der Waals surface area contributed by atoms with E-state index in [1.165, 1.54) is 19.2 Å². The molecule has 0 unspecified atom stereocenters. The van der Waals surface area contributed by atoms with Crippen LogP contribution in [0.5, 0.6) is 11.5 Å². The predicted octanol–water partition coefficient (Wildman–Crippen LogP) is 3.75. The summed E-state index contributed by atoms with van der Waals surface area (Å²) < 4.78 is 59.1. The zero-order chi connectivity index (χ0) is 21.6. The van der Waals surface area contributed by atoms with Crippen molar-refractivity contribution in [2.24, 2.45) is 0 Å². The van der Waals surface area contributed by atoms with Gasteiger partial charge in [-0.1, -0.05) is 6.07 Å². The summed E-state index contributed by atoms with van der Waals surface area (Å²) in [5.74, 6) is -2.70. The standard InChI is InChI=1S/C20H23F2NO5S/c1-4-23(13-14-6-11-17(28-5-2)18(12-14)27-3)19(24)15-7-9-16(10-8-15)29(25,26)20(21)22/h6-12,20H,4-5,13H2,1-3H3. The quantitative estimate of drug-likeness (QED) is 0.609. The fourth-order valence-corrected chi connectivity index (χ4v) is 3.43. The molecular formula is C20H23F2NO5S. The summed E-state index contributed by atoms with van der Waals surface area (Å²) in [5.41, 5.74) is 1.02. The topological polar surface area (TPSA) is 72.9 Å². The van der Waals surface area contributed by atoms with Crippen molar-refractivity contribution in [3.05, 3.63) is 53.6 Å². The highest BCUT2D eigenvalue weighted by Crippen LogP contribution is 2.29. The van der Waals surface area contributed by atoms with E-state index < -0.39 is 20.5 Å². The summed E-state index contributed by atoms with van der Waals surface area (Å²) >= 11 is 0. The van der Waals surface area contributed by atoms with E-state index in [4.69, 9.17) is 9.47 Å². The largest absolute Gasteiger partial charge is 0.493 e. The number of nitrogens with zero attached hydrogens (tertiary/aromatic N) is 1. The van der Waals surface area contributed by atoms with Gasteiger partial charge in [0, 0.05) is 18.7 Å². The first kappa shape index (κ1) is 22.6. The van der Waals surface area contributed by atoms with Gasteiger partial charge in [0.2, 0.25) is 9.84 Å². The molecule has 0 aliphatic heterocycles. The molecule has 1 amide bonds. The van der Waals surface area contributed by atoms with Crippen LogP contribution in [0.1, 0.15) is 29.8 Å². The van der Waals surface area contributed by atoms with Gasteiger partial charge in [0.1, 0.15) is 0 Å². The summed E-state index contributed by atoms with van der Waals surface area (Å²) in [6.45, 7) is 4.84. The maximum Gasteiger partial charge on any atom is 0.341 e. The Balaban J connectivity index is 2.21. The average molecular weight is 427 g/mol. The number of carbonyl (C=O) groups is 1. The van der Waals surface area contributed by atoms with Crippen molar-refractivity contribution in [1.29, 1.82) is 0 Å². The monoisotopic (exact) mass is 427 g/mol. The lowest BCUT2D eigenvalue weighted by Gasteiger charge is -2.22. The molecule has 9 heteroatoms. The number of amides is 1. The molecule has 158 valence electrons. The first-order valence-corrected chi connectivity index (χ1v) is 10.5. The number of alkyl halides is 2. The highest BCUT2D eigenvalue weighted by atomic mass is 32.2. The van der Waals surface area contributed by atoms with Crippen molar-refractivity contribution in [2.75, 3.05) is 20.3 Å². The van der Waals surface area contributed by atoms with Crippen molar-refractivity contribution in [3.8, 4) is 11.5 Å². The van der Waals surface area contributed by atoms with Crippen LogP contribution in [0.25, 0.3) is 0 Å². The summed E-state index contributed by atoms with van der Waals surface area (Å²) in [6, 6.07) is 9.87. The van der Waals surface area contributed by atoms with Crippen LogP contribution in [0.2, 0.25) is 0 Å². The molecule has 0 spiro atoms. The molecule has 2 aromatic carbocycles. The molecule has 0 fully saturated rings. The summed E-state index contributed by atoms with van der Waals surface area (Å²) in [4.78, 5) is 13.8. The molecule has 29 heavy (non-hydrogen) atoms. The van der Waals surface area contributed by atoms with E-state index in [9.17, 15) is 22.0 Å². The maximum absolute atomic E-state index is 12.8. The van der Waals surface area contributed by atoms with Crippen LogP contribution < -0.4 is 9.47 Å². The second-order valence-corrected chi connectivity index (χ2v) is 7.99. The van der Waals surface area contributed by atoms with Gasteiger partial charge >= 0.3 is 5.76 Å². The summed E-state index contributed by atoms with van der Waals surface area (Å²) in [5, 5.41) is 0. The molecule has 0 bridgehead atoms. The third-order valence-electron chi connectivity index (χ3n) is 4.23. The molecule has 6 nitrogen and oxygen atoms in total. The number of sulfone groups is 1. The average Bonchev–Trinajstić information content (AvgIpc) is 2.72. The van der Waals surface area contributed by atoms with Crippen molar-refractivity contribution >= 4 is 15.7 Å². The molecule has 0 aromatic heterocycles.